The fourth-order valence-electron chi connectivity index (χ4n) is 4.51. The first kappa shape index (κ1) is 36.7. The molecular weight excluding hydrogens is 542 g/mol. The molecule has 0 radical (unpaired) electrons. The molecule has 0 saturated carbocycles. The van der Waals surface area contributed by atoms with Crippen LogP contribution >= 0.6 is 11.3 Å². The van der Waals surface area contributed by atoms with Gasteiger partial charge in [0.2, 0.25) is 5.51 Å². The van der Waals surface area contributed by atoms with E-state index < -0.39 is 18.2 Å². The van der Waals surface area contributed by atoms with Gasteiger partial charge in [-0.3, -0.25) is 4.79 Å². The number of methoxy groups -OCH3 is 1. The number of aromatic nitrogens is 1. The topological polar surface area (TPSA) is 107 Å². The number of esters is 1. The molecule has 9 nitrogen and oxygen atoms in total. The molecule has 0 spiro atoms. The molecule has 1 atom stereocenters. The van der Waals surface area contributed by atoms with Crippen LogP contribution in [0.5, 0.6) is 0 Å². The van der Waals surface area contributed by atoms with Gasteiger partial charge in [-0.2, -0.15) is 4.57 Å². The molecule has 0 aliphatic rings. The van der Waals surface area contributed by atoms with Gasteiger partial charge in [-0.1, -0.05) is 115 Å². The predicted molar refractivity (Wildman–Crippen MR) is 163 cm³/mol. The largest absolute Gasteiger partial charge is 0.463 e. The summed E-state index contributed by atoms with van der Waals surface area (Å²) in [6, 6.07) is -0.695. The highest BCUT2D eigenvalue weighted by Gasteiger charge is 2.18. The van der Waals surface area contributed by atoms with Gasteiger partial charge >= 0.3 is 18.2 Å². The molecule has 1 unspecified atom stereocenters. The SMILES string of the molecule is CCCCCCCCCCCCCCCCCCNC(=O)OCC(COC(=O)CCC[n+]1ccsc1)NC(=O)OC. The van der Waals surface area contributed by atoms with Gasteiger partial charge in [-0.05, 0) is 6.42 Å². The van der Waals surface area contributed by atoms with Crippen LogP contribution in [0.1, 0.15) is 122 Å². The van der Waals surface area contributed by atoms with E-state index in [1.165, 1.54) is 97.0 Å². The zero-order valence-electron chi connectivity index (χ0n) is 25.7. The number of carbonyl (C=O) groups is 3. The molecule has 0 aromatic carbocycles. The Morgan fingerprint density at radius 2 is 1.32 bits per heavy atom. The van der Waals surface area contributed by atoms with Gasteiger partial charge in [0.15, 0.2) is 6.20 Å². The van der Waals surface area contributed by atoms with Crippen LogP contribution in [-0.2, 0) is 25.5 Å². The molecule has 0 aliphatic heterocycles. The Balaban J connectivity index is 2.00. The van der Waals surface area contributed by atoms with Crippen molar-refractivity contribution in [3.05, 3.63) is 17.1 Å². The van der Waals surface area contributed by atoms with E-state index in [2.05, 4.69) is 22.3 Å². The summed E-state index contributed by atoms with van der Waals surface area (Å²) >= 11 is 1.59. The molecule has 10 heteroatoms. The van der Waals surface area contributed by atoms with Gasteiger partial charge in [-0.25, -0.2) is 9.59 Å². The minimum absolute atomic E-state index is 0.105. The Morgan fingerprint density at radius 1 is 0.756 bits per heavy atom. The lowest BCUT2D eigenvalue weighted by atomic mass is 10.0. The maximum Gasteiger partial charge on any atom is 0.407 e. The molecule has 0 saturated heterocycles. The minimum atomic E-state index is -0.695. The highest BCUT2D eigenvalue weighted by atomic mass is 32.1. The third kappa shape index (κ3) is 23.0. The van der Waals surface area contributed by atoms with Gasteiger partial charge in [0.05, 0.1) is 18.9 Å². The number of thiazole rings is 1. The summed E-state index contributed by atoms with van der Waals surface area (Å²) < 4.78 is 17.1. The fourth-order valence-corrected chi connectivity index (χ4v) is 5.14. The number of aryl methyl sites for hydroxylation is 1. The van der Waals surface area contributed by atoms with Crippen LogP contribution in [-0.4, -0.2) is 51.1 Å². The van der Waals surface area contributed by atoms with Gasteiger partial charge < -0.3 is 24.8 Å². The summed E-state index contributed by atoms with van der Waals surface area (Å²) in [6.45, 7) is 3.31. The van der Waals surface area contributed by atoms with E-state index in [0.29, 0.717) is 13.0 Å². The van der Waals surface area contributed by atoms with Crippen molar-refractivity contribution in [1.29, 1.82) is 0 Å². The standard InChI is InChI=1S/C31H55N3O6S/c1-3-4-5-6-7-8-9-10-11-12-13-14-15-16-17-18-21-32-30(36)40-26-28(33-31(37)38-2)25-39-29(35)20-19-22-34-23-24-41-27-34/h23-24,27-28H,3-22,25-26H2,1-2H3,(H-,32,33,36,37)/p+1. The van der Waals surface area contributed by atoms with Crippen LogP contribution in [0, 0.1) is 0 Å². The number of unbranched alkanes of at least 4 members (excludes halogenated alkanes) is 15. The van der Waals surface area contributed by atoms with Crippen LogP contribution in [0.4, 0.5) is 9.59 Å². The van der Waals surface area contributed by atoms with Crippen LogP contribution in [0.15, 0.2) is 17.1 Å². The van der Waals surface area contributed by atoms with Crippen LogP contribution < -0.4 is 15.2 Å². The Morgan fingerprint density at radius 3 is 1.85 bits per heavy atom. The molecule has 236 valence electrons. The molecule has 2 N–H and O–H groups in total. The Hall–Kier alpha value is -2.36. The zero-order chi connectivity index (χ0) is 29.8. The maximum absolute atomic E-state index is 12.1. The summed E-state index contributed by atoms with van der Waals surface area (Å²) in [5.41, 5.74) is 1.98. The Kier molecular flexibility index (Phi) is 23.7. The maximum atomic E-state index is 12.1. The van der Waals surface area contributed by atoms with E-state index in [0.717, 1.165) is 19.4 Å². The number of nitrogens with zero attached hydrogens (tertiary/aromatic N) is 1. The van der Waals surface area contributed by atoms with Crippen LogP contribution in [0.2, 0.25) is 0 Å². The monoisotopic (exact) mass is 598 g/mol. The third-order valence-corrected chi connectivity index (χ3v) is 7.66. The number of nitrogens with one attached hydrogen (secondary N) is 2. The first-order chi connectivity index (χ1) is 20.0. The van der Waals surface area contributed by atoms with Crippen LogP contribution in [0.25, 0.3) is 0 Å². The second-order valence-electron chi connectivity index (χ2n) is 10.7. The van der Waals surface area contributed by atoms with Gasteiger partial charge in [0.25, 0.3) is 0 Å². The second-order valence-corrected chi connectivity index (χ2v) is 11.5. The summed E-state index contributed by atoms with van der Waals surface area (Å²) in [5.74, 6) is -0.370. The number of hydrogen-bond acceptors (Lipinski definition) is 7. The number of carbonyl (C=O) groups excluding carboxylic acids is 3. The number of alkyl carbamates (subject to hydrolysis) is 2. The predicted octanol–water partition coefficient (Wildman–Crippen LogP) is 7.07. The van der Waals surface area contributed by atoms with Crippen molar-refractivity contribution in [1.82, 2.24) is 10.6 Å². The third-order valence-electron chi connectivity index (χ3n) is 6.99. The zero-order valence-corrected chi connectivity index (χ0v) is 26.5. The molecular formula is C31H56N3O6S+. The minimum Gasteiger partial charge on any atom is -0.463 e. The molecule has 1 rings (SSSR count). The molecule has 0 aliphatic carbocycles. The molecule has 1 aromatic rings. The van der Waals surface area contributed by atoms with Crippen molar-refractivity contribution in [2.24, 2.45) is 0 Å². The van der Waals surface area contributed by atoms with E-state index in [9.17, 15) is 14.4 Å². The average Bonchev–Trinajstić information content (AvgIpc) is 3.49. The highest BCUT2D eigenvalue weighted by Crippen LogP contribution is 2.13. The molecule has 1 aromatic heterocycles. The van der Waals surface area contributed by atoms with Gasteiger partial charge in [0.1, 0.15) is 25.8 Å². The van der Waals surface area contributed by atoms with Crippen molar-refractivity contribution in [2.45, 2.75) is 135 Å². The van der Waals surface area contributed by atoms with E-state index in [-0.39, 0.29) is 25.6 Å². The van der Waals surface area contributed by atoms with E-state index >= 15 is 0 Å². The fraction of sp³-hybridized carbons (Fsp3) is 0.806. The molecule has 0 fully saturated rings. The van der Waals surface area contributed by atoms with Crippen molar-refractivity contribution in [3.8, 4) is 0 Å². The average molecular weight is 599 g/mol. The summed E-state index contributed by atoms with van der Waals surface area (Å²) in [7, 11) is 1.24. The first-order valence-corrected chi connectivity index (χ1v) is 16.8. The molecule has 0 bridgehead atoms. The van der Waals surface area contributed by atoms with Gasteiger partial charge in [0, 0.05) is 13.0 Å². The van der Waals surface area contributed by atoms with Crippen molar-refractivity contribution < 1.29 is 33.2 Å². The second kappa shape index (κ2) is 26.5. The van der Waals surface area contributed by atoms with Crippen LogP contribution in [0.3, 0.4) is 0 Å². The first-order valence-electron chi connectivity index (χ1n) is 15.9. The Bertz CT molecular complexity index is 778. The van der Waals surface area contributed by atoms with Gasteiger partial charge in [-0.15, -0.1) is 0 Å². The van der Waals surface area contributed by atoms with E-state index in [4.69, 9.17) is 9.47 Å². The summed E-state index contributed by atoms with van der Waals surface area (Å²) in [5, 5.41) is 7.25. The lowest BCUT2D eigenvalue weighted by Crippen LogP contribution is -2.43. The molecule has 41 heavy (non-hydrogen) atoms. The number of ether oxygens (including phenoxy) is 3. The van der Waals surface area contributed by atoms with Crippen molar-refractivity contribution in [3.63, 3.8) is 0 Å². The number of hydrogen-bond donors (Lipinski definition) is 2. The number of amides is 2. The highest BCUT2D eigenvalue weighted by molar-refractivity contribution is 7.07. The lowest BCUT2D eigenvalue weighted by Gasteiger charge is -2.18. The van der Waals surface area contributed by atoms with E-state index in [1.807, 2.05) is 21.7 Å². The lowest BCUT2D eigenvalue weighted by molar-refractivity contribution is -0.692. The van der Waals surface area contributed by atoms with Crippen molar-refractivity contribution in [2.75, 3.05) is 26.9 Å². The molecule has 1 heterocycles. The smallest absolute Gasteiger partial charge is 0.407 e. The Labute approximate surface area is 252 Å². The van der Waals surface area contributed by atoms with Crippen molar-refractivity contribution >= 4 is 29.5 Å². The normalized spacial score (nSPS) is 11.6. The summed E-state index contributed by atoms with van der Waals surface area (Å²) in [4.78, 5) is 35.8. The summed E-state index contributed by atoms with van der Waals surface area (Å²) in [6.07, 6.45) is 22.5. The quantitative estimate of drug-likeness (QED) is 0.0511. The molecule has 2 amide bonds. The number of rotatable bonds is 26. The van der Waals surface area contributed by atoms with E-state index in [1.54, 1.807) is 11.3 Å².